The Morgan fingerprint density at radius 3 is 2.69 bits per heavy atom. The molecular weight excluding hydrogens is 210 g/mol. The normalized spacial score (nSPS) is 10.2. The van der Waals surface area contributed by atoms with E-state index in [0.717, 1.165) is 5.56 Å². The van der Waals surface area contributed by atoms with Crippen molar-refractivity contribution in [1.29, 1.82) is 0 Å². The fourth-order valence-corrected chi connectivity index (χ4v) is 1.10. The summed E-state index contributed by atoms with van der Waals surface area (Å²) < 4.78 is 9.56. The molecule has 0 saturated carbocycles. The van der Waals surface area contributed by atoms with E-state index in [-0.39, 0.29) is 0 Å². The molecule has 0 saturated heterocycles. The molecule has 88 valence electrons. The second kappa shape index (κ2) is 6.04. The van der Waals surface area contributed by atoms with Gasteiger partial charge in [-0.1, -0.05) is 0 Å². The summed E-state index contributed by atoms with van der Waals surface area (Å²) in [5.41, 5.74) is 6.13. The van der Waals surface area contributed by atoms with E-state index in [2.05, 4.69) is 15.8 Å². The lowest BCUT2D eigenvalue weighted by Crippen LogP contribution is -2.40. The van der Waals surface area contributed by atoms with E-state index in [9.17, 15) is 4.79 Å². The second-order valence-electron chi connectivity index (χ2n) is 3.14. The third-order valence-electron chi connectivity index (χ3n) is 1.87. The summed E-state index contributed by atoms with van der Waals surface area (Å²) >= 11 is 0. The summed E-state index contributed by atoms with van der Waals surface area (Å²) in [6.45, 7) is 1.93. The predicted octanol–water partition coefficient (Wildman–Crippen LogP) is 0.452. The van der Waals surface area contributed by atoms with Gasteiger partial charge in [0.15, 0.2) is 0 Å². The van der Waals surface area contributed by atoms with Gasteiger partial charge in [0.2, 0.25) is 6.29 Å². The van der Waals surface area contributed by atoms with Crippen molar-refractivity contribution < 1.29 is 14.3 Å². The van der Waals surface area contributed by atoms with Crippen LogP contribution in [0.5, 0.6) is 0 Å². The van der Waals surface area contributed by atoms with Crippen molar-refractivity contribution >= 4 is 11.7 Å². The van der Waals surface area contributed by atoms with E-state index in [1.54, 1.807) is 12.3 Å². The Kier molecular flexibility index (Phi) is 4.68. The van der Waals surface area contributed by atoms with Gasteiger partial charge in [-0.15, -0.1) is 0 Å². The number of hydrogen-bond acceptors (Lipinski definition) is 5. The lowest BCUT2D eigenvalue weighted by Gasteiger charge is -2.14. The van der Waals surface area contributed by atoms with E-state index in [4.69, 9.17) is 9.47 Å². The fraction of sp³-hybridized carbons (Fsp3) is 0.400. The molecule has 0 unspecified atom stereocenters. The van der Waals surface area contributed by atoms with Gasteiger partial charge in [-0.3, -0.25) is 15.6 Å². The molecular formula is C10H15N3O3. The van der Waals surface area contributed by atoms with Crippen molar-refractivity contribution in [3.63, 3.8) is 0 Å². The highest BCUT2D eigenvalue weighted by atomic mass is 16.7. The Bertz CT molecular complexity index is 353. The molecule has 0 aliphatic rings. The van der Waals surface area contributed by atoms with Crippen molar-refractivity contribution in [3.05, 3.63) is 23.9 Å². The molecule has 0 radical (unpaired) electrons. The molecule has 6 nitrogen and oxygen atoms in total. The summed E-state index contributed by atoms with van der Waals surface area (Å²) in [6.07, 6.45) is 0.714. The summed E-state index contributed by atoms with van der Waals surface area (Å²) in [5, 5.41) is 0. The van der Waals surface area contributed by atoms with Crippen molar-refractivity contribution in [1.82, 2.24) is 10.4 Å². The Balaban J connectivity index is 2.48. The lowest BCUT2D eigenvalue weighted by molar-refractivity contribution is -0.158. The van der Waals surface area contributed by atoms with Crippen LogP contribution in [0.15, 0.2) is 18.3 Å². The summed E-state index contributed by atoms with van der Waals surface area (Å²) in [4.78, 5) is 15.4. The number of rotatable bonds is 5. The van der Waals surface area contributed by atoms with Crippen LogP contribution in [0.4, 0.5) is 5.82 Å². The largest absolute Gasteiger partial charge is 0.348 e. The molecule has 1 heterocycles. The first kappa shape index (κ1) is 12.4. The maximum atomic E-state index is 11.4. The van der Waals surface area contributed by atoms with E-state index < -0.39 is 12.2 Å². The minimum atomic E-state index is -0.933. The number of aromatic nitrogens is 1. The van der Waals surface area contributed by atoms with Crippen LogP contribution in [0.1, 0.15) is 5.56 Å². The first-order valence-electron chi connectivity index (χ1n) is 4.71. The number of nitrogens with zero attached hydrogens (tertiary/aromatic N) is 1. The molecule has 1 rings (SSSR count). The summed E-state index contributed by atoms with van der Waals surface area (Å²) in [7, 11) is 2.78. The maximum absolute atomic E-state index is 11.4. The van der Waals surface area contributed by atoms with Gasteiger partial charge in [-0.25, -0.2) is 4.98 Å². The Hall–Kier alpha value is -1.66. The zero-order chi connectivity index (χ0) is 12.0. The molecule has 0 fully saturated rings. The molecule has 0 bridgehead atoms. The molecule has 1 amide bonds. The van der Waals surface area contributed by atoms with Gasteiger partial charge in [0.25, 0.3) is 5.91 Å². The number of hydrogen-bond donors (Lipinski definition) is 2. The number of nitrogens with one attached hydrogen (secondary N) is 2. The smallest absolute Gasteiger partial charge is 0.295 e. The van der Waals surface area contributed by atoms with Crippen LogP contribution in [-0.2, 0) is 14.3 Å². The maximum Gasteiger partial charge on any atom is 0.295 e. The van der Waals surface area contributed by atoms with Crippen LogP contribution < -0.4 is 10.9 Å². The highest BCUT2D eigenvalue weighted by molar-refractivity contribution is 5.80. The Morgan fingerprint density at radius 1 is 1.44 bits per heavy atom. The van der Waals surface area contributed by atoms with Crippen molar-refractivity contribution in [2.45, 2.75) is 13.2 Å². The van der Waals surface area contributed by atoms with Crippen LogP contribution in [0.3, 0.4) is 0 Å². The van der Waals surface area contributed by atoms with Gasteiger partial charge in [0.1, 0.15) is 5.82 Å². The lowest BCUT2D eigenvalue weighted by atomic mass is 10.3. The van der Waals surface area contributed by atoms with Crippen LogP contribution >= 0.6 is 0 Å². The zero-order valence-corrected chi connectivity index (χ0v) is 9.48. The van der Waals surface area contributed by atoms with Crippen molar-refractivity contribution in [2.24, 2.45) is 0 Å². The minimum absolute atomic E-state index is 0.423. The highest BCUT2D eigenvalue weighted by Crippen LogP contribution is 2.03. The standard InChI is InChI=1S/C10H15N3O3/c1-7-4-5-11-8(6-7)12-13-9(14)10(15-2)16-3/h4-6,10H,1-3H3,(H,11,12)(H,13,14). The van der Waals surface area contributed by atoms with Gasteiger partial charge in [-0.2, -0.15) is 0 Å². The average Bonchev–Trinajstić information content (AvgIpc) is 2.28. The third-order valence-corrected chi connectivity index (χ3v) is 1.87. The number of methoxy groups -OCH3 is 2. The molecule has 1 aromatic heterocycles. The quantitative estimate of drug-likeness (QED) is 0.562. The molecule has 6 heteroatoms. The molecule has 1 aromatic rings. The van der Waals surface area contributed by atoms with Gasteiger partial charge >= 0.3 is 0 Å². The van der Waals surface area contributed by atoms with E-state index in [1.807, 2.05) is 13.0 Å². The monoisotopic (exact) mass is 225 g/mol. The topological polar surface area (TPSA) is 72.5 Å². The Labute approximate surface area is 93.9 Å². The SMILES string of the molecule is COC(OC)C(=O)NNc1cc(C)ccn1. The Morgan fingerprint density at radius 2 is 2.12 bits per heavy atom. The molecule has 0 spiro atoms. The number of amides is 1. The van der Waals surface area contributed by atoms with E-state index in [0.29, 0.717) is 5.82 Å². The van der Waals surface area contributed by atoms with Crippen LogP contribution in [0, 0.1) is 6.92 Å². The average molecular weight is 225 g/mol. The van der Waals surface area contributed by atoms with Gasteiger partial charge in [0, 0.05) is 20.4 Å². The molecule has 0 aliphatic carbocycles. The summed E-state index contributed by atoms with van der Waals surface area (Å²) in [6, 6.07) is 3.66. The predicted molar refractivity (Wildman–Crippen MR) is 58.5 cm³/mol. The molecule has 2 N–H and O–H groups in total. The third kappa shape index (κ3) is 3.48. The van der Waals surface area contributed by atoms with Crippen LogP contribution in [-0.4, -0.2) is 31.4 Å². The van der Waals surface area contributed by atoms with Crippen LogP contribution in [0.25, 0.3) is 0 Å². The van der Waals surface area contributed by atoms with Gasteiger partial charge in [0.05, 0.1) is 0 Å². The van der Waals surface area contributed by atoms with E-state index in [1.165, 1.54) is 14.2 Å². The number of hydrazine groups is 1. The number of aryl methyl sites for hydroxylation is 1. The van der Waals surface area contributed by atoms with E-state index >= 15 is 0 Å². The number of anilines is 1. The summed E-state index contributed by atoms with van der Waals surface area (Å²) in [5.74, 6) is 0.132. The fourth-order valence-electron chi connectivity index (χ4n) is 1.10. The molecule has 16 heavy (non-hydrogen) atoms. The second-order valence-corrected chi connectivity index (χ2v) is 3.14. The molecule has 0 atom stereocenters. The first-order valence-corrected chi connectivity index (χ1v) is 4.71. The van der Waals surface area contributed by atoms with Gasteiger partial charge < -0.3 is 9.47 Å². The van der Waals surface area contributed by atoms with Crippen molar-refractivity contribution in [2.75, 3.05) is 19.6 Å². The number of pyridine rings is 1. The molecule has 0 aromatic carbocycles. The first-order chi connectivity index (χ1) is 7.67. The number of carbonyl (C=O) groups excluding carboxylic acids is 1. The highest BCUT2D eigenvalue weighted by Gasteiger charge is 2.15. The zero-order valence-electron chi connectivity index (χ0n) is 9.48. The number of carbonyl (C=O) groups is 1. The van der Waals surface area contributed by atoms with Crippen molar-refractivity contribution in [3.8, 4) is 0 Å². The number of ether oxygens (including phenoxy) is 2. The van der Waals surface area contributed by atoms with Gasteiger partial charge in [-0.05, 0) is 24.6 Å². The van der Waals surface area contributed by atoms with Crippen LogP contribution in [0.2, 0.25) is 0 Å². The minimum Gasteiger partial charge on any atom is -0.348 e. The molecule has 0 aliphatic heterocycles.